The van der Waals surface area contributed by atoms with Gasteiger partial charge in [0.05, 0.1) is 29.3 Å². The minimum atomic E-state index is -2.94. The summed E-state index contributed by atoms with van der Waals surface area (Å²) in [6.45, 7) is 4.25. The van der Waals surface area contributed by atoms with E-state index in [1.807, 2.05) is 18.2 Å². The third kappa shape index (κ3) is 4.70. The second kappa shape index (κ2) is 11.5. The first-order valence-corrected chi connectivity index (χ1v) is 15.5. The fourth-order valence-corrected chi connectivity index (χ4v) is 8.03. The van der Waals surface area contributed by atoms with Gasteiger partial charge in [0.2, 0.25) is 5.78 Å². The number of aliphatic hydroxyl groups excluding tert-OH is 3. The molecule has 1 saturated carbocycles. The Bertz CT molecular complexity index is 1660. The van der Waals surface area contributed by atoms with Gasteiger partial charge in [0, 0.05) is 37.2 Å². The number of likely N-dealkylation sites (tertiary alicyclic amines) is 1. The highest BCUT2D eigenvalue weighted by molar-refractivity contribution is 6.24. The fraction of sp³-hybridized carbons (Fsp3) is 0.441. The van der Waals surface area contributed by atoms with Crippen LogP contribution >= 0.6 is 0 Å². The monoisotopic (exact) mass is 632 g/mol. The van der Waals surface area contributed by atoms with Gasteiger partial charge in [0.15, 0.2) is 11.4 Å². The number of amides is 1. The predicted octanol–water partition coefficient (Wildman–Crippen LogP) is 1.57. The molecule has 2 aromatic carbocycles. The number of rotatable bonds is 6. The number of nitrogens with two attached hydrogens (primary N) is 1. The van der Waals surface area contributed by atoms with E-state index in [2.05, 4.69) is 22.3 Å². The van der Waals surface area contributed by atoms with E-state index in [4.69, 9.17) is 5.73 Å². The predicted molar refractivity (Wildman–Crippen MR) is 169 cm³/mol. The van der Waals surface area contributed by atoms with Crippen LogP contribution in [0.15, 0.2) is 59.4 Å². The van der Waals surface area contributed by atoms with Gasteiger partial charge in [-0.2, -0.15) is 0 Å². The highest BCUT2D eigenvalue weighted by Gasteiger charge is 2.68. The van der Waals surface area contributed by atoms with Crippen molar-refractivity contribution in [3.05, 3.63) is 76.1 Å². The lowest BCUT2D eigenvalue weighted by Crippen LogP contribution is -2.70. The van der Waals surface area contributed by atoms with Gasteiger partial charge in [0.25, 0.3) is 5.91 Å². The van der Waals surface area contributed by atoms with Crippen molar-refractivity contribution in [3.8, 4) is 5.75 Å². The normalized spacial score (nSPS) is 30.3. The molecular formula is C34H40N4O8. The van der Waals surface area contributed by atoms with Gasteiger partial charge in [-0.3, -0.25) is 24.2 Å². The molecule has 0 radical (unpaired) electrons. The van der Waals surface area contributed by atoms with Crippen LogP contribution in [0.4, 0.5) is 5.69 Å². The molecule has 3 aliphatic carbocycles. The quantitative estimate of drug-likeness (QED) is 0.180. The summed E-state index contributed by atoms with van der Waals surface area (Å²) >= 11 is 0. The first-order chi connectivity index (χ1) is 21.8. The fourth-order valence-electron chi connectivity index (χ4n) is 8.03. The number of anilines is 1. The van der Waals surface area contributed by atoms with Crippen LogP contribution in [0.1, 0.15) is 42.4 Å². The summed E-state index contributed by atoms with van der Waals surface area (Å²) in [5.74, 6) is -9.00. The number of aliphatic hydroxyl groups is 4. The van der Waals surface area contributed by atoms with Crippen LogP contribution in [0.3, 0.4) is 0 Å². The molecule has 244 valence electrons. The average molecular weight is 633 g/mol. The second-order valence-electron chi connectivity index (χ2n) is 13.2. The van der Waals surface area contributed by atoms with Crippen LogP contribution in [0.2, 0.25) is 0 Å². The molecule has 1 heterocycles. The van der Waals surface area contributed by atoms with Crippen molar-refractivity contribution in [1.82, 2.24) is 9.80 Å². The van der Waals surface area contributed by atoms with E-state index in [-0.39, 0.29) is 17.4 Å². The van der Waals surface area contributed by atoms with Crippen LogP contribution in [-0.4, -0.2) is 104 Å². The van der Waals surface area contributed by atoms with E-state index in [9.17, 15) is 39.9 Å². The number of primary amides is 1. The van der Waals surface area contributed by atoms with Crippen molar-refractivity contribution < 1.29 is 39.9 Å². The lowest BCUT2D eigenvalue weighted by atomic mass is 9.54. The van der Waals surface area contributed by atoms with Crippen molar-refractivity contribution in [3.63, 3.8) is 0 Å². The maximum atomic E-state index is 14.2. The Labute approximate surface area is 266 Å². The number of carbonyl (C=O) groups excluding carboxylic acids is 3. The van der Waals surface area contributed by atoms with Gasteiger partial charge >= 0.3 is 0 Å². The van der Waals surface area contributed by atoms with Gasteiger partial charge in [-0.05, 0) is 50.0 Å². The number of hydrogen-bond acceptors (Lipinski definition) is 11. The Morgan fingerprint density at radius 3 is 2.33 bits per heavy atom. The standard InChI is InChI=1S/C34H40N4O8/c1-16-19-9-10-20(36-18-11-13-38(14-12-18)15-17-7-5-4-6-8-17)27(39)22(19)28(40)23-21(16)29(41)25-26(37(2)3)30(42)24(33(35)45)32(44)34(25,46)31(23)43/h4-10,16,18,21,25-26,29,36,39-41,44,46H,11-15H2,1-3H3,(H2,35,45)/t16-,21+,25+,26-,29-,34-/m0/s1. The number of phenolic OH excluding ortho intramolecular Hbond substituents is 1. The molecule has 6 atom stereocenters. The van der Waals surface area contributed by atoms with Crippen LogP contribution in [-0.2, 0) is 20.9 Å². The number of Topliss-reactive ketones (excluding diaryl/α,β-unsaturated/α-hetero) is 2. The molecular weight excluding hydrogens is 592 g/mol. The highest BCUT2D eigenvalue weighted by atomic mass is 16.4. The Balaban J connectivity index is 1.34. The van der Waals surface area contributed by atoms with E-state index in [1.165, 1.54) is 24.6 Å². The van der Waals surface area contributed by atoms with Gasteiger partial charge in [0.1, 0.15) is 22.8 Å². The van der Waals surface area contributed by atoms with E-state index < -0.39 is 75.6 Å². The summed E-state index contributed by atoms with van der Waals surface area (Å²) in [4.78, 5) is 43.5. The molecule has 4 aliphatic rings. The largest absolute Gasteiger partial charge is 0.508 e. The van der Waals surface area contributed by atoms with E-state index in [0.29, 0.717) is 11.3 Å². The molecule has 12 heteroatoms. The summed E-state index contributed by atoms with van der Waals surface area (Å²) < 4.78 is 0. The lowest BCUT2D eigenvalue weighted by Gasteiger charge is -2.53. The zero-order valence-electron chi connectivity index (χ0n) is 26.0. The molecule has 2 fully saturated rings. The maximum Gasteiger partial charge on any atom is 0.255 e. The van der Waals surface area contributed by atoms with Crippen molar-refractivity contribution in [2.75, 3.05) is 32.5 Å². The number of benzene rings is 2. The Morgan fingerprint density at radius 1 is 1.07 bits per heavy atom. The molecule has 0 bridgehead atoms. The second-order valence-corrected chi connectivity index (χ2v) is 13.2. The molecule has 1 saturated heterocycles. The molecule has 2 aromatic rings. The van der Waals surface area contributed by atoms with Crippen molar-refractivity contribution in [2.45, 2.75) is 56.0 Å². The minimum Gasteiger partial charge on any atom is -0.508 e. The third-order valence-corrected chi connectivity index (χ3v) is 10.3. The van der Waals surface area contributed by atoms with Gasteiger partial charge < -0.3 is 36.6 Å². The lowest BCUT2D eigenvalue weighted by molar-refractivity contribution is -0.169. The van der Waals surface area contributed by atoms with Crippen molar-refractivity contribution >= 4 is 28.9 Å². The summed E-state index contributed by atoms with van der Waals surface area (Å²) in [7, 11) is 2.95. The maximum absolute atomic E-state index is 14.2. The molecule has 0 aromatic heterocycles. The third-order valence-electron chi connectivity index (χ3n) is 10.3. The van der Waals surface area contributed by atoms with Gasteiger partial charge in [-0.1, -0.05) is 43.3 Å². The number of nitrogens with zero attached hydrogens (tertiary/aromatic N) is 2. The summed E-state index contributed by atoms with van der Waals surface area (Å²) in [5.41, 5.74) is 3.13. The molecule has 46 heavy (non-hydrogen) atoms. The van der Waals surface area contributed by atoms with Crippen LogP contribution in [0.5, 0.6) is 5.75 Å². The zero-order chi connectivity index (χ0) is 33.2. The van der Waals surface area contributed by atoms with Crippen LogP contribution in [0, 0.1) is 11.8 Å². The highest BCUT2D eigenvalue weighted by Crippen LogP contribution is 2.56. The van der Waals surface area contributed by atoms with Gasteiger partial charge in [-0.15, -0.1) is 0 Å². The van der Waals surface area contributed by atoms with E-state index >= 15 is 0 Å². The molecule has 8 N–H and O–H groups in total. The summed E-state index contributed by atoms with van der Waals surface area (Å²) in [5, 5.41) is 61.2. The number of hydrogen-bond donors (Lipinski definition) is 7. The van der Waals surface area contributed by atoms with Crippen LogP contribution in [0.25, 0.3) is 5.76 Å². The number of fused-ring (bicyclic) bond motifs is 3. The topological polar surface area (TPSA) is 197 Å². The number of likely N-dealkylation sites (N-methyl/N-ethyl adjacent to an activating group) is 1. The summed E-state index contributed by atoms with van der Waals surface area (Å²) in [6.07, 6.45) is -0.00169. The minimum absolute atomic E-state index is 0.0255. The molecule has 0 unspecified atom stereocenters. The number of ketones is 2. The number of piperidine rings is 1. The van der Waals surface area contributed by atoms with Crippen molar-refractivity contribution in [2.24, 2.45) is 17.6 Å². The SMILES string of the molecule is C[C@H]1c2ccc(NC3CCN(Cc4ccccc4)CC3)c(O)c2C(O)=C2C(=O)[C@]3(O)C(O)=C(C(N)=O)C(=O)[C@@H](N(C)C)[C@@H]3[C@@H](O)[C@@H]21. The Hall–Kier alpha value is -4.23. The number of phenols is 1. The number of nitrogens with one attached hydrogen (secondary N) is 1. The van der Waals surface area contributed by atoms with E-state index in [1.54, 1.807) is 19.1 Å². The van der Waals surface area contributed by atoms with Gasteiger partial charge in [-0.25, -0.2) is 0 Å². The molecule has 12 nitrogen and oxygen atoms in total. The smallest absolute Gasteiger partial charge is 0.255 e. The molecule has 0 spiro atoms. The number of aromatic hydroxyl groups is 1. The Morgan fingerprint density at radius 2 is 1.72 bits per heavy atom. The number of carbonyl (C=O) groups is 3. The Kier molecular flexibility index (Phi) is 7.96. The first-order valence-electron chi connectivity index (χ1n) is 15.5. The zero-order valence-corrected chi connectivity index (χ0v) is 26.0. The van der Waals surface area contributed by atoms with Crippen molar-refractivity contribution in [1.29, 1.82) is 0 Å². The molecule has 6 rings (SSSR count). The average Bonchev–Trinajstić information content (AvgIpc) is 3.01. The van der Waals surface area contributed by atoms with E-state index in [0.717, 1.165) is 32.5 Å². The molecule has 1 amide bonds. The van der Waals surface area contributed by atoms with Crippen LogP contribution < -0.4 is 11.1 Å². The summed E-state index contributed by atoms with van der Waals surface area (Å²) in [6, 6.07) is 12.3. The first kappa shape index (κ1) is 31.7. The molecule has 1 aliphatic heterocycles.